The van der Waals surface area contributed by atoms with Crippen molar-refractivity contribution in [2.24, 2.45) is 5.92 Å². The first-order valence-corrected chi connectivity index (χ1v) is 5.83. The lowest BCUT2D eigenvalue weighted by Crippen LogP contribution is -2.28. The Morgan fingerprint density at radius 2 is 2.06 bits per heavy atom. The molecule has 0 bridgehead atoms. The van der Waals surface area contributed by atoms with Crippen LogP contribution >= 0.6 is 0 Å². The van der Waals surface area contributed by atoms with E-state index < -0.39 is 11.6 Å². The van der Waals surface area contributed by atoms with Gasteiger partial charge in [-0.3, -0.25) is 4.79 Å². The number of amides is 1. The van der Waals surface area contributed by atoms with E-state index in [1.807, 2.05) is 13.8 Å². The van der Waals surface area contributed by atoms with Crippen LogP contribution in [-0.2, 0) is 4.79 Å². The Kier molecular flexibility index (Phi) is 5.55. The molecule has 0 saturated heterocycles. The van der Waals surface area contributed by atoms with E-state index in [9.17, 15) is 13.6 Å². The molecule has 0 aliphatic carbocycles. The van der Waals surface area contributed by atoms with E-state index in [1.54, 1.807) is 0 Å². The lowest BCUT2D eigenvalue weighted by Gasteiger charge is -2.09. The van der Waals surface area contributed by atoms with Gasteiger partial charge in [0.1, 0.15) is 12.4 Å². The van der Waals surface area contributed by atoms with E-state index in [0.29, 0.717) is 18.9 Å². The van der Waals surface area contributed by atoms with Crippen molar-refractivity contribution in [1.29, 1.82) is 0 Å². The van der Waals surface area contributed by atoms with Crippen LogP contribution in [0.5, 0.6) is 5.75 Å². The molecule has 0 aliphatic rings. The van der Waals surface area contributed by atoms with Crippen molar-refractivity contribution in [3.05, 3.63) is 29.8 Å². The van der Waals surface area contributed by atoms with Crippen LogP contribution < -0.4 is 10.1 Å². The van der Waals surface area contributed by atoms with Crippen molar-refractivity contribution in [3.8, 4) is 5.75 Å². The van der Waals surface area contributed by atoms with E-state index >= 15 is 0 Å². The molecule has 1 N–H and O–H groups in total. The Labute approximate surface area is 105 Å². The minimum absolute atomic E-state index is 0.0427. The monoisotopic (exact) mass is 257 g/mol. The maximum Gasteiger partial charge on any atom is 0.220 e. The highest BCUT2D eigenvalue weighted by atomic mass is 19.2. The molecule has 1 rings (SSSR count). The fraction of sp³-hybridized carbons (Fsp3) is 0.462. The normalized spacial score (nSPS) is 10.5. The van der Waals surface area contributed by atoms with E-state index in [2.05, 4.69) is 5.32 Å². The molecule has 0 atom stereocenters. The molecule has 0 unspecified atom stereocenters. The molecule has 100 valence electrons. The quantitative estimate of drug-likeness (QED) is 0.795. The number of hydrogen-bond acceptors (Lipinski definition) is 2. The summed E-state index contributed by atoms with van der Waals surface area (Å²) < 4.78 is 30.6. The Morgan fingerprint density at radius 3 is 2.67 bits per heavy atom. The zero-order valence-electron chi connectivity index (χ0n) is 10.5. The van der Waals surface area contributed by atoms with Gasteiger partial charge in [0.05, 0.1) is 6.54 Å². The van der Waals surface area contributed by atoms with Gasteiger partial charge in [-0.15, -0.1) is 0 Å². The Balaban J connectivity index is 2.25. The van der Waals surface area contributed by atoms with E-state index in [-0.39, 0.29) is 18.3 Å². The zero-order valence-corrected chi connectivity index (χ0v) is 10.5. The van der Waals surface area contributed by atoms with Crippen LogP contribution in [0.25, 0.3) is 0 Å². The van der Waals surface area contributed by atoms with Gasteiger partial charge in [0.15, 0.2) is 11.6 Å². The number of ether oxygens (including phenoxy) is 1. The summed E-state index contributed by atoms with van der Waals surface area (Å²) in [6.07, 6.45) is 0.463. The first kappa shape index (κ1) is 14.4. The van der Waals surface area contributed by atoms with Gasteiger partial charge in [0, 0.05) is 12.5 Å². The fourth-order valence-corrected chi connectivity index (χ4v) is 1.37. The van der Waals surface area contributed by atoms with Crippen LogP contribution in [0.1, 0.15) is 20.3 Å². The SMILES string of the molecule is CC(C)CC(=O)NCCOc1ccc(F)c(F)c1. The second kappa shape index (κ2) is 6.93. The number of hydrogen-bond donors (Lipinski definition) is 1. The lowest BCUT2D eigenvalue weighted by atomic mass is 10.1. The third kappa shape index (κ3) is 5.12. The van der Waals surface area contributed by atoms with Crippen LogP contribution in [0.2, 0.25) is 0 Å². The van der Waals surface area contributed by atoms with Crippen LogP contribution in [0.4, 0.5) is 8.78 Å². The molecule has 0 saturated carbocycles. The van der Waals surface area contributed by atoms with Crippen molar-refractivity contribution in [2.75, 3.05) is 13.2 Å². The van der Waals surface area contributed by atoms with Gasteiger partial charge in [0.2, 0.25) is 5.91 Å². The van der Waals surface area contributed by atoms with Crippen molar-refractivity contribution < 1.29 is 18.3 Å². The van der Waals surface area contributed by atoms with Crippen molar-refractivity contribution in [2.45, 2.75) is 20.3 Å². The summed E-state index contributed by atoms with van der Waals surface area (Å²) in [6.45, 7) is 4.47. The van der Waals surface area contributed by atoms with Crippen LogP contribution in [0.15, 0.2) is 18.2 Å². The third-order valence-electron chi connectivity index (χ3n) is 2.18. The molecule has 0 aromatic heterocycles. The van der Waals surface area contributed by atoms with Crippen molar-refractivity contribution in [1.82, 2.24) is 5.32 Å². The summed E-state index contributed by atoms with van der Waals surface area (Å²) >= 11 is 0. The molecular formula is C13H17F2NO2. The number of carbonyl (C=O) groups is 1. The molecule has 5 heteroatoms. The molecule has 0 spiro atoms. The zero-order chi connectivity index (χ0) is 13.5. The topological polar surface area (TPSA) is 38.3 Å². The average Bonchev–Trinajstić information content (AvgIpc) is 2.28. The molecule has 0 fully saturated rings. The Morgan fingerprint density at radius 1 is 1.33 bits per heavy atom. The highest BCUT2D eigenvalue weighted by Crippen LogP contribution is 2.14. The molecule has 3 nitrogen and oxygen atoms in total. The first-order valence-electron chi connectivity index (χ1n) is 5.83. The van der Waals surface area contributed by atoms with Crippen LogP contribution in [0, 0.1) is 17.6 Å². The number of nitrogens with one attached hydrogen (secondary N) is 1. The summed E-state index contributed by atoms with van der Waals surface area (Å²) in [5.41, 5.74) is 0. The molecule has 18 heavy (non-hydrogen) atoms. The van der Waals surface area contributed by atoms with E-state index in [1.165, 1.54) is 6.07 Å². The maximum atomic E-state index is 12.8. The first-order chi connectivity index (χ1) is 8.49. The summed E-state index contributed by atoms with van der Waals surface area (Å²) in [5, 5.41) is 2.68. The van der Waals surface area contributed by atoms with Gasteiger partial charge in [-0.1, -0.05) is 13.8 Å². The number of carbonyl (C=O) groups excluding carboxylic acids is 1. The maximum absolute atomic E-state index is 12.8. The largest absolute Gasteiger partial charge is 0.492 e. The minimum Gasteiger partial charge on any atom is -0.492 e. The molecule has 1 aromatic carbocycles. The van der Waals surface area contributed by atoms with E-state index in [0.717, 1.165) is 12.1 Å². The van der Waals surface area contributed by atoms with Crippen LogP contribution in [-0.4, -0.2) is 19.1 Å². The summed E-state index contributed by atoms with van der Waals surface area (Å²) in [4.78, 5) is 11.3. The minimum atomic E-state index is -0.948. The predicted molar refractivity (Wildman–Crippen MR) is 64.3 cm³/mol. The Hall–Kier alpha value is -1.65. The molecule has 1 aromatic rings. The highest BCUT2D eigenvalue weighted by Gasteiger charge is 2.05. The second-order valence-electron chi connectivity index (χ2n) is 4.37. The standard InChI is InChI=1S/C13H17F2NO2/c1-9(2)7-13(17)16-5-6-18-10-3-4-11(14)12(15)8-10/h3-4,8-9H,5-7H2,1-2H3,(H,16,17). The molecule has 0 aliphatic heterocycles. The molecule has 0 heterocycles. The summed E-state index contributed by atoms with van der Waals surface area (Å²) in [7, 11) is 0. The van der Waals surface area contributed by atoms with Gasteiger partial charge < -0.3 is 10.1 Å². The smallest absolute Gasteiger partial charge is 0.220 e. The Bertz CT molecular complexity index is 408. The van der Waals surface area contributed by atoms with Gasteiger partial charge in [-0.25, -0.2) is 8.78 Å². The number of halogens is 2. The molecule has 1 amide bonds. The predicted octanol–water partition coefficient (Wildman–Crippen LogP) is 2.51. The van der Waals surface area contributed by atoms with Crippen molar-refractivity contribution in [3.63, 3.8) is 0 Å². The number of rotatable bonds is 6. The summed E-state index contributed by atoms with van der Waals surface area (Å²) in [5.74, 6) is -1.35. The summed E-state index contributed by atoms with van der Waals surface area (Å²) in [6, 6.07) is 3.32. The van der Waals surface area contributed by atoms with Gasteiger partial charge >= 0.3 is 0 Å². The lowest BCUT2D eigenvalue weighted by molar-refractivity contribution is -0.121. The van der Waals surface area contributed by atoms with E-state index in [4.69, 9.17) is 4.74 Å². The third-order valence-corrected chi connectivity index (χ3v) is 2.18. The number of benzene rings is 1. The van der Waals surface area contributed by atoms with Gasteiger partial charge in [0.25, 0.3) is 0 Å². The molecule has 0 radical (unpaired) electrons. The van der Waals surface area contributed by atoms with Gasteiger partial charge in [-0.05, 0) is 18.1 Å². The molecular weight excluding hydrogens is 240 g/mol. The van der Waals surface area contributed by atoms with Crippen LogP contribution in [0.3, 0.4) is 0 Å². The second-order valence-corrected chi connectivity index (χ2v) is 4.37. The highest BCUT2D eigenvalue weighted by molar-refractivity contribution is 5.75. The van der Waals surface area contributed by atoms with Gasteiger partial charge in [-0.2, -0.15) is 0 Å². The van der Waals surface area contributed by atoms with Crippen molar-refractivity contribution >= 4 is 5.91 Å². The fourth-order valence-electron chi connectivity index (χ4n) is 1.37. The average molecular weight is 257 g/mol.